The third kappa shape index (κ3) is 3.96. The zero-order valence-corrected chi connectivity index (χ0v) is 13.0. The molecule has 21 heavy (non-hydrogen) atoms. The number of hydrogen-bond acceptors (Lipinski definition) is 2. The molecular weight excluding hydrogens is 258 g/mol. The van der Waals surface area contributed by atoms with Gasteiger partial charge in [-0.2, -0.15) is 0 Å². The van der Waals surface area contributed by atoms with Crippen molar-refractivity contribution in [2.24, 2.45) is 5.92 Å². The molecule has 4 atom stereocenters. The van der Waals surface area contributed by atoms with Gasteiger partial charge in [0.15, 0.2) is 0 Å². The molecule has 1 heterocycles. The van der Waals surface area contributed by atoms with Crippen molar-refractivity contribution >= 4 is 0 Å². The van der Waals surface area contributed by atoms with E-state index in [4.69, 9.17) is 0 Å². The van der Waals surface area contributed by atoms with Crippen LogP contribution >= 0.6 is 0 Å². The summed E-state index contributed by atoms with van der Waals surface area (Å²) in [5.74, 6) is 0.204. The highest BCUT2D eigenvalue weighted by Crippen LogP contribution is 2.41. The van der Waals surface area contributed by atoms with E-state index < -0.39 is 0 Å². The van der Waals surface area contributed by atoms with Gasteiger partial charge in [0.2, 0.25) is 0 Å². The fourth-order valence-corrected chi connectivity index (χ4v) is 4.04. The Morgan fingerprint density at radius 3 is 2.52 bits per heavy atom. The number of allylic oxidation sites excluding steroid dienone is 4. The highest BCUT2D eigenvalue weighted by Gasteiger charge is 2.45. The van der Waals surface area contributed by atoms with E-state index in [2.05, 4.69) is 30.6 Å². The van der Waals surface area contributed by atoms with Crippen molar-refractivity contribution in [1.29, 1.82) is 0 Å². The second-order valence-corrected chi connectivity index (χ2v) is 6.40. The maximum absolute atomic E-state index is 10.5. The van der Waals surface area contributed by atoms with Crippen LogP contribution in [0.3, 0.4) is 0 Å². The smallest absolute Gasteiger partial charge is 0.0620 e. The minimum Gasteiger partial charge on any atom is -0.392 e. The van der Waals surface area contributed by atoms with E-state index in [-0.39, 0.29) is 17.6 Å². The van der Waals surface area contributed by atoms with Gasteiger partial charge >= 0.3 is 0 Å². The SMILES string of the molecule is C=C/C=C\CC1CCCC2(CCCC(O)C2/C=C\C=C)N1. The Balaban J connectivity index is 2.12. The van der Waals surface area contributed by atoms with Gasteiger partial charge in [-0.05, 0) is 38.5 Å². The van der Waals surface area contributed by atoms with Crippen LogP contribution in [0.5, 0.6) is 0 Å². The summed E-state index contributed by atoms with van der Waals surface area (Å²) in [4.78, 5) is 0. The Kier molecular flexibility index (Phi) is 6.01. The zero-order valence-electron chi connectivity index (χ0n) is 13.0. The number of aliphatic hydroxyl groups excluding tert-OH is 1. The first-order valence-corrected chi connectivity index (χ1v) is 8.24. The molecule has 1 saturated carbocycles. The van der Waals surface area contributed by atoms with Gasteiger partial charge in [0.1, 0.15) is 0 Å². The van der Waals surface area contributed by atoms with E-state index >= 15 is 0 Å². The molecule has 0 amide bonds. The maximum atomic E-state index is 10.5. The number of rotatable bonds is 5. The third-order valence-corrected chi connectivity index (χ3v) is 4.99. The third-order valence-electron chi connectivity index (χ3n) is 4.99. The van der Waals surface area contributed by atoms with Gasteiger partial charge in [-0.1, -0.05) is 56.0 Å². The lowest BCUT2D eigenvalue weighted by atomic mass is 9.66. The molecule has 0 aromatic rings. The Morgan fingerprint density at radius 2 is 1.81 bits per heavy atom. The van der Waals surface area contributed by atoms with Crippen molar-refractivity contribution in [2.45, 2.75) is 62.6 Å². The highest BCUT2D eigenvalue weighted by atomic mass is 16.3. The van der Waals surface area contributed by atoms with Crippen LogP contribution in [0.2, 0.25) is 0 Å². The van der Waals surface area contributed by atoms with Gasteiger partial charge in [-0.25, -0.2) is 0 Å². The molecule has 4 unspecified atom stereocenters. The molecule has 1 aliphatic carbocycles. The zero-order chi connectivity index (χ0) is 15.1. The van der Waals surface area contributed by atoms with Crippen LogP contribution in [-0.4, -0.2) is 22.8 Å². The normalized spacial score (nSPS) is 37.3. The average molecular weight is 287 g/mol. The van der Waals surface area contributed by atoms with Crippen molar-refractivity contribution in [3.8, 4) is 0 Å². The van der Waals surface area contributed by atoms with Gasteiger partial charge in [0, 0.05) is 17.5 Å². The molecule has 2 heteroatoms. The van der Waals surface area contributed by atoms with Crippen LogP contribution in [0.1, 0.15) is 44.9 Å². The lowest BCUT2D eigenvalue weighted by molar-refractivity contribution is 0.00392. The van der Waals surface area contributed by atoms with Crippen LogP contribution < -0.4 is 5.32 Å². The van der Waals surface area contributed by atoms with Gasteiger partial charge < -0.3 is 10.4 Å². The van der Waals surface area contributed by atoms with Crippen molar-refractivity contribution in [1.82, 2.24) is 5.32 Å². The first-order valence-electron chi connectivity index (χ1n) is 8.24. The molecule has 116 valence electrons. The second-order valence-electron chi connectivity index (χ2n) is 6.40. The summed E-state index contributed by atoms with van der Waals surface area (Å²) in [5, 5.41) is 14.3. The van der Waals surface area contributed by atoms with Crippen molar-refractivity contribution in [3.63, 3.8) is 0 Å². The number of nitrogens with one attached hydrogen (secondary N) is 1. The van der Waals surface area contributed by atoms with Crippen molar-refractivity contribution in [3.05, 3.63) is 49.6 Å². The summed E-state index contributed by atoms with van der Waals surface area (Å²) in [6.07, 6.45) is 19.6. The summed E-state index contributed by atoms with van der Waals surface area (Å²) in [7, 11) is 0. The average Bonchev–Trinajstić information content (AvgIpc) is 2.47. The lowest BCUT2D eigenvalue weighted by Gasteiger charge is -2.51. The largest absolute Gasteiger partial charge is 0.392 e. The number of hydrogen-bond donors (Lipinski definition) is 2. The monoisotopic (exact) mass is 287 g/mol. The van der Waals surface area contributed by atoms with Gasteiger partial charge in [-0.3, -0.25) is 0 Å². The first-order chi connectivity index (χ1) is 10.2. The molecule has 1 spiro atoms. The molecule has 2 fully saturated rings. The Bertz CT molecular complexity index is 408. The summed E-state index contributed by atoms with van der Waals surface area (Å²) in [6, 6.07) is 0.514. The molecule has 1 aliphatic heterocycles. The fourth-order valence-electron chi connectivity index (χ4n) is 4.04. The minimum atomic E-state index is -0.232. The summed E-state index contributed by atoms with van der Waals surface area (Å²) in [6.45, 7) is 7.48. The van der Waals surface area contributed by atoms with Gasteiger partial charge in [-0.15, -0.1) is 0 Å². The van der Waals surface area contributed by atoms with Crippen LogP contribution in [0.25, 0.3) is 0 Å². The quantitative estimate of drug-likeness (QED) is 0.752. The highest BCUT2D eigenvalue weighted by molar-refractivity contribution is 5.14. The van der Waals surface area contributed by atoms with Crippen LogP contribution in [0, 0.1) is 5.92 Å². The molecule has 1 saturated heterocycles. The first kappa shape index (κ1) is 16.3. The van der Waals surface area contributed by atoms with E-state index in [0.717, 1.165) is 32.1 Å². The van der Waals surface area contributed by atoms with Crippen LogP contribution in [-0.2, 0) is 0 Å². The second kappa shape index (κ2) is 7.77. The summed E-state index contributed by atoms with van der Waals surface area (Å²) in [5.41, 5.74) is 0.0715. The Labute approximate surface area is 129 Å². The Morgan fingerprint density at radius 1 is 1.10 bits per heavy atom. The van der Waals surface area contributed by atoms with E-state index in [1.165, 1.54) is 12.8 Å². The molecule has 0 aromatic heterocycles. The van der Waals surface area contributed by atoms with E-state index in [1.807, 2.05) is 24.3 Å². The van der Waals surface area contributed by atoms with Gasteiger partial charge in [0.25, 0.3) is 0 Å². The topological polar surface area (TPSA) is 32.3 Å². The van der Waals surface area contributed by atoms with E-state index in [1.54, 1.807) is 0 Å². The lowest BCUT2D eigenvalue weighted by Crippen LogP contribution is -2.61. The molecule has 0 radical (unpaired) electrons. The molecule has 2 aliphatic rings. The molecule has 0 aromatic carbocycles. The van der Waals surface area contributed by atoms with E-state index in [9.17, 15) is 5.11 Å². The molecule has 2 rings (SSSR count). The standard InChI is InChI=1S/C19H29NO/c1-3-5-7-10-16-11-8-14-19(20-16)15-9-13-18(21)17(19)12-6-4-2/h3-7,12,16-18,20-21H,1-2,8-11,13-15H2/b7-5-,12-6-. The van der Waals surface area contributed by atoms with Crippen LogP contribution in [0.4, 0.5) is 0 Å². The fraction of sp³-hybridized carbons (Fsp3) is 0.579. The van der Waals surface area contributed by atoms with Crippen LogP contribution in [0.15, 0.2) is 49.6 Å². The summed E-state index contributed by atoms with van der Waals surface area (Å²) < 4.78 is 0. The molecule has 2 nitrogen and oxygen atoms in total. The Hall–Kier alpha value is -1.12. The number of piperidine rings is 1. The van der Waals surface area contributed by atoms with E-state index in [0.29, 0.717) is 6.04 Å². The minimum absolute atomic E-state index is 0.0715. The molecular formula is C19H29NO. The predicted molar refractivity (Wildman–Crippen MR) is 90.1 cm³/mol. The molecule has 0 bridgehead atoms. The summed E-state index contributed by atoms with van der Waals surface area (Å²) >= 11 is 0. The predicted octanol–water partition coefficient (Wildman–Crippen LogP) is 3.90. The molecule has 2 N–H and O–H groups in total. The van der Waals surface area contributed by atoms with Gasteiger partial charge in [0.05, 0.1) is 6.10 Å². The van der Waals surface area contributed by atoms with Crippen molar-refractivity contribution < 1.29 is 5.11 Å². The maximum Gasteiger partial charge on any atom is 0.0620 e. The van der Waals surface area contributed by atoms with Crippen molar-refractivity contribution in [2.75, 3.05) is 0 Å². The number of aliphatic hydroxyl groups is 1.